The van der Waals surface area contributed by atoms with Gasteiger partial charge in [0.25, 0.3) is 0 Å². The van der Waals surface area contributed by atoms with Crippen LogP contribution in [0.15, 0.2) is 70.5 Å². The van der Waals surface area contributed by atoms with Crippen molar-refractivity contribution in [3.63, 3.8) is 0 Å². The Labute approximate surface area is 141 Å². The molecule has 2 aromatic rings. The van der Waals surface area contributed by atoms with Gasteiger partial charge in [-0.25, -0.2) is 4.21 Å². The van der Waals surface area contributed by atoms with Crippen molar-refractivity contribution < 1.29 is 4.21 Å². The summed E-state index contributed by atoms with van der Waals surface area (Å²) in [6.45, 7) is 4.18. The van der Waals surface area contributed by atoms with Gasteiger partial charge < -0.3 is 5.73 Å². The van der Waals surface area contributed by atoms with Crippen molar-refractivity contribution >= 4 is 10.8 Å². The minimum Gasteiger partial charge on any atom is -0.320 e. The smallest absolute Gasteiger partial charge is 0.0824 e. The van der Waals surface area contributed by atoms with Crippen LogP contribution in [-0.4, -0.2) is 4.21 Å². The van der Waals surface area contributed by atoms with Crippen molar-refractivity contribution in [3.05, 3.63) is 76.7 Å². The molecule has 0 spiro atoms. The first-order valence-corrected chi connectivity index (χ1v) is 9.27. The van der Waals surface area contributed by atoms with Gasteiger partial charge in [0.05, 0.1) is 16.8 Å². The number of benzene rings is 2. The predicted molar refractivity (Wildman–Crippen MR) is 98.6 cm³/mol. The molecule has 2 nitrogen and oxygen atoms in total. The summed E-state index contributed by atoms with van der Waals surface area (Å²) < 4.78 is 13.0. The van der Waals surface area contributed by atoms with Crippen LogP contribution in [0.2, 0.25) is 0 Å². The van der Waals surface area contributed by atoms with Gasteiger partial charge in [0.15, 0.2) is 0 Å². The summed E-state index contributed by atoms with van der Waals surface area (Å²) in [5.74, 6) is 0. The highest BCUT2D eigenvalue weighted by molar-refractivity contribution is 7.89. The van der Waals surface area contributed by atoms with Crippen molar-refractivity contribution in [1.82, 2.24) is 0 Å². The molecule has 2 N–H and O–H groups in total. The van der Waals surface area contributed by atoms with Gasteiger partial charge in [-0.15, -0.1) is 0 Å². The van der Waals surface area contributed by atoms with Crippen molar-refractivity contribution in [2.45, 2.75) is 44.0 Å². The third-order valence-electron chi connectivity index (χ3n) is 3.82. The van der Waals surface area contributed by atoms with E-state index >= 15 is 0 Å². The van der Waals surface area contributed by atoms with E-state index in [-0.39, 0.29) is 6.04 Å². The predicted octanol–water partition coefficient (Wildman–Crippen LogP) is 4.88. The third kappa shape index (κ3) is 4.88. The highest BCUT2D eigenvalue weighted by Crippen LogP contribution is 2.27. The van der Waals surface area contributed by atoms with E-state index in [4.69, 9.17) is 5.73 Å². The number of aryl methyl sites for hydroxylation is 1. The van der Waals surface area contributed by atoms with E-state index < -0.39 is 10.8 Å². The molecule has 0 radical (unpaired) electrons. The fourth-order valence-corrected chi connectivity index (χ4v) is 3.68. The summed E-state index contributed by atoms with van der Waals surface area (Å²) in [7, 11) is -1.23. The maximum Gasteiger partial charge on any atom is 0.0824 e. The van der Waals surface area contributed by atoms with Gasteiger partial charge in [-0.1, -0.05) is 73.9 Å². The Bertz CT molecular complexity index is 662. The molecule has 3 heteroatoms. The Morgan fingerprint density at radius 1 is 1.13 bits per heavy atom. The van der Waals surface area contributed by atoms with Crippen molar-refractivity contribution in [2.24, 2.45) is 5.73 Å². The van der Waals surface area contributed by atoms with Gasteiger partial charge >= 0.3 is 0 Å². The standard InChI is InChI=1S/C20H25NOS/c1-3-4-6-11-19(20(21)17-9-7-5-8-10-17)23(22)18-14-12-16(2)13-15-18/h5,7-15,20H,3-4,6,21H2,1-2H3/b19-11+/t20-,23+/m1/s1. The molecule has 122 valence electrons. The normalized spacial score (nSPS) is 14.5. The van der Waals surface area contributed by atoms with Crippen LogP contribution in [0.4, 0.5) is 0 Å². The minimum atomic E-state index is -1.23. The number of hydrogen-bond donors (Lipinski definition) is 1. The molecule has 2 atom stereocenters. The van der Waals surface area contributed by atoms with Crippen molar-refractivity contribution in [3.8, 4) is 0 Å². The quantitative estimate of drug-likeness (QED) is 0.737. The van der Waals surface area contributed by atoms with E-state index in [9.17, 15) is 4.21 Å². The van der Waals surface area contributed by atoms with E-state index in [0.717, 1.165) is 40.2 Å². The summed E-state index contributed by atoms with van der Waals surface area (Å²) >= 11 is 0. The number of unbranched alkanes of at least 4 members (excludes halogenated alkanes) is 2. The summed E-state index contributed by atoms with van der Waals surface area (Å²) in [4.78, 5) is 1.61. The molecule has 0 unspecified atom stereocenters. The number of nitrogens with two attached hydrogens (primary N) is 1. The van der Waals surface area contributed by atoms with Gasteiger partial charge in [-0.05, 0) is 31.0 Å². The Balaban J connectivity index is 2.32. The van der Waals surface area contributed by atoms with Gasteiger partial charge in [0.2, 0.25) is 0 Å². The lowest BCUT2D eigenvalue weighted by atomic mass is 10.1. The second-order valence-corrected chi connectivity index (χ2v) is 7.20. The zero-order valence-corrected chi connectivity index (χ0v) is 14.7. The highest BCUT2D eigenvalue weighted by atomic mass is 32.2. The molecule has 2 rings (SSSR count). The second kappa shape index (κ2) is 8.80. The molecule has 0 fully saturated rings. The van der Waals surface area contributed by atoms with E-state index in [0.29, 0.717) is 0 Å². The summed E-state index contributed by atoms with van der Waals surface area (Å²) in [6, 6.07) is 17.4. The lowest BCUT2D eigenvalue weighted by molar-refractivity contribution is 0.682. The summed E-state index contributed by atoms with van der Waals surface area (Å²) in [6.07, 6.45) is 5.17. The topological polar surface area (TPSA) is 43.1 Å². The number of hydrogen-bond acceptors (Lipinski definition) is 2. The SMILES string of the molecule is CCCC/C=C(\[C@H](N)c1ccccc1)[S@@](=O)c1ccc(C)cc1. The van der Waals surface area contributed by atoms with Crippen LogP contribution < -0.4 is 5.73 Å². The molecule has 0 aliphatic carbocycles. The Morgan fingerprint density at radius 2 is 1.78 bits per heavy atom. The minimum absolute atomic E-state index is 0.338. The van der Waals surface area contributed by atoms with E-state index in [1.165, 1.54) is 0 Å². The first-order chi connectivity index (χ1) is 11.1. The molecule has 23 heavy (non-hydrogen) atoms. The zero-order valence-electron chi connectivity index (χ0n) is 13.9. The fourth-order valence-electron chi connectivity index (χ4n) is 2.39. The maximum absolute atomic E-state index is 13.0. The van der Waals surface area contributed by atoms with Gasteiger partial charge in [-0.2, -0.15) is 0 Å². The summed E-state index contributed by atoms with van der Waals surface area (Å²) in [5.41, 5.74) is 8.59. The molecular weight excluding hydrogens is 302 g/mol. The molecule has 0 saturated carbocycles. The van der Waals surface area contributed by atoms with Crippen molar-refractivity contribution in [1.29, 1.82) is 0 Å². The largest absolute Gasteiger partial charge is 0.320 e. The van der Waals surface area contributed by atoms with Gasteiger partial charge in [0, 0.05) is 9.80 Å². The zero-order chi connectivity index (χ0) is 16.7. The fraction of sp³-hybridized carbons (Fsp3) is 0.300. The Kier molecular flexibility index (Phi) is 6.75. The van der Waals surface area contributed by atoms with Crippen LogP contribution in [-0.2, 0) is 10.8 Å². The number of rotatable bonds is 7. The first kappa shape index (κ1) is 17.6. The Hall–Kier alpha value is -1.71. The lowest BCUT2D eigenvalue weighted by Gasteiger charge is -2.17. The maximum atomic E-state index is 13.0. The average molecular weight is 327 g/mol. The van der Waals surface area contributed by atoms with Crippen LogP contribution in [0.3, 0.4) is 0 Å². The lowest BCUT2D eigenvalue weighted by Crippen LogP contribution is -2.16. The van der Waals surface area contributed by atoms with Gasteiger partial charge in [-0.3, -0.25) is 0 Å². The highest BCUT2D eigenvalue weighted by Gasteiger charge is 2.19. The Morgan fingerprint density at radius 3 is 2.39 bits per heavy atom. The molecule has 0 heterocycles. The molecule has 0 aromatic heterocycles. The van der Waals surface area contributed by atoms with Crippen LogP contribution in [0.25, 0.3) is 0 Å². The van der Waals surface area contributed by atoms with Crippen LogP contribution in [0, 0.1) is 6.92 Å². The first-order valence-electron chi connectivity index (χ1n) is 8.12. The van der Waals surface area contributed by atoms with Crippen LogP contribution in [0.1, 0.15) is 43.4 Å². The average Bonchev–Trinajstić information content (AvgIpc) is 2.59. The molecule has 0 aliphatic heterocycles. The number of allylic oxidation sites excluding steroid dienone is 1. The molecule has 0 aliphatic rings. The van der Waals surface area contributed by atoms with Gasteiger partial charge in [0.1, 0.15) is 0 Å². The second-order valence-electron chi connectivity index (χ2n) is 5.72. The van der Waals surface area contributed by atoms with Crippen LogP contribution >= 0.6 is 0 Å². The molecule has 0 bridgehead atoms. The van der Waals surface area contributed by atoms with Crippen LogP contribution in [0.5, 0.6) is 0 Å². The van der Waals surface area contributed by atoms with Crippen molar-refractivity contribution in [2.75, 3.05) is 0 Å². The monoisotopic (exact) mass is 327 g/mol. The molecule has 2 aromatic carbocycles. The van der Waals surface area contributed by atoms with E-state index in [1.807, 2.05) is 61.5 Å². The third-order valence-corrected chi connectivity index (χ3v) is 5.37. The van der Waals surface area contributed by atoms with E-state index in [2.05, 4.69) is 13.0 Å². The van der Waals surface area contributed by atoms with E-state index in [1.54, 1.807) is 0 Å². The molecule has 0 amide bonds. The summed E-state index contributed by atoms with van der Waals surface area (Å²) in [5, 5.41) is 0. The molecular formula is C20H25NOS. The molecule has 0 saturated heterocycles.